The Morgan fingerprint density at radius 3 is 2.94 bits per heavy atom. The van der Waals surface area contributed by atoms with Crippen molar-refractivity contribution >= 4 is 17.8 Å². The van der Waals surface area contributed by atoms with Crippen molar-refractivity contribution in [1.82, 2.24) is 29.7 Å². The number of nitrogens with one attached hydrogen (secondary N) is 1. The van der Waals surface area contributed by atoms with Gasteiger partial charge in [0.1, 0.15) is 18.8 Å². The van der Waals surface area contributed by atoms with Crippen LogP contribution in [0.1, 0.15) is 24.3 Å². The summed E-state index contributed by atoms with van der Waals surface area (Å²) < 4.78 is 12.8. The van der Waals surface area contributed by atoms with E-state index in [1.807, 2.05) is 44.1 Å². The van der Waals surface area contributed by atoms with Gasteiger partial charge in [-0.3, -0.25) is 9.36 Å². The average Bonchev–Trinajstić information content (AvgIpc) is 3.50. The van der Waals surface area contributed by atoms with E-state index in [0.29, 0.717) is 32.1 Å². The summed E-state index contributed by atoms with van der Waals surface area (Å²) in [6.07, 6.45) is 10.4. The van der Waals surface area contributed by atoms with Gasteiger partial charge in [-0.1, -0.05) is 0 Å². The molecule has 0 saturated carbocycles. The van der Waals surface area contributed by atoms with Crippen LogP contribution in [0.25, 0.3) is 12.0 Å². The Balaban J connectivity index is 1.39. The molecule has 1 N–H and O–H groups in total. The maximum absolute atomic E-state index is 12.8. The first-order chi connectivity index (χ1) is 16.5. The Morgan fingerprint density at radius 2 is 2.15 bits per heavy atom. The summed E-state index contributed by atoms with van der Waals surface area (Å²) in [5.41, 5.74) is 1.91. The van der Waals surface area contributed by atoms with E-state index in [9.17, 15) is 4.79 Å². The summed E-state index contributed by atoms with van der Waals surface area (Å²) in [5.74, 6) is 2.69. The van der Waals surface area contributed by atoms with Gasteiger partial charge in [0.05, 0.1) is 12.8 Å². The van der Waals surface area contributed by atoms with Crippen LogP contribution in [0.4, 0.5) is 5.82 Å². The van der Waals surface area contributed by atoms with Crippen molar-refractivity contribution in [2.45, 2.75) is 19.8 Å². The molecule has 0 bridgehead atoms. The molecule has 0 fully saturated rings. The summed E-state index contributed by atoms with van der Waals surface area (Å²) in [6.45, 7) is 4.79. The van der Waals surface area contributed by atoms with Gasteiger partial charge in [0.2, 0.25) is 11.9 Å². The number of imidazole rings is 1. The van der Waals surface area contributed by atoms with E-state index in [1.165, 1.54) is 0 Å². The number of anilines is 1. The van der Waals surface area contributed by atoms with Gasteiger partial charge < -0.3 is 24.3 Å². The SMILES string of the molecule is Cc1cc(N(CCCN(C)C)CC(=O)NCCC2=Cc3occc3OC2)nc(-n2ccnc2)n1. The van der Waals surface area contributed by atoms with Gasteiger partial charge in [-0.05, 0) is 52.1 Å². The minimum Gasteiger partial charge on any atom is -0.485 e. The third-order valence-corrected chi connectivity index (χ3v) is 5.43. The fourth-order valence-corrected chi connectivity index (χ4v) is 3.71. The summed E-state index contributed by atoms with van der Waals surface area (Å²) in [4.78, 5) is 30.3. The molecule has 10 heteroatoms. The molecule has 34 heavy (non-hydrogen) atoms. The lowest BCUT2D eigenvalue weighted by Crippen LogP contribution is -2.39. The first-order valence-electron chi connectivity index (χ1n) is 11.4. The topological polar surface area (TPSA) is 102 Å². The molecule has 0 atom stereocenters. The number of ether oxygens (including phenoxy) is 1. The van der Waals surface area contributed by atoms with Gasteiger partial charge in [0.15, 0.2) is 11.5 Å². The van der Waals surface area contributed by atoms with Crippen molar-refractivity contribution in [2.24, 2.45) is 0 Å². The highest BCUT2D eigenvalue weighted by molar-refractivity contribution is 5.81. The molecule has 0 spiro atoms. The van der Waals surface area contributed by atoms with Gasteiger partial charge in [0.25, 0.3) is 0 Å². The van der Waals surface area contributed by atoms with Crippen LogP contribution in [0.2, 0.25) is 0 Å². The quantitative estimate of drug-likeness (QED) is 0.460. The largest absolute Gasteiger partial charge is 0.485 e. The predicted molar refractivity (Wildman–Crippen MR) is 129 cm³/mol. The van der Waals surface area contributed by atoms with Gasteiger partial charge in [-0.15, -0.1) is 0 Å². The minimum absolute atomic E-state index is 0.0543. The molecule has 4 heterocycles. The molecule has 180 valence electrons. The normalized spacial score (nSPS) is 12.8. The summed E-state index contributed by atoms with van der Waals surface area (Å²) in [5, 5.41) is 3.03. The van der Waals surface area contributed by atoms with E-state index < -0.39 is 0 Å². The van der Waals surface area contributed by atoms with Crippen LogP contribution in [0.3, 0.4) is 0 Å². The van der Waals surface area contributed by atoms with E-state index in [0.717, 1.165) is 41.6 Å². The van der Waals surface area contributed by atoms with E-state index >= 15 is 0 Å². The molecule has 4 rings (SSSR count). The van der Waals surface area contributed by atoms with Crippen molar-refractivity contribution in [3.8, 4) is 11.7 Å². The highest BCUT2D eigenvalue weighted by atomic mass is 16.5. The molecule has 3 aromatic rings. The minimum atomic E-state index is -0.0543. The maximum atomic E-state index is 12.8. The second-order valence-corrected chi connectivity index (χ2v) is 8.56. The molecule has 1 amide bonds. The zero-order valence-electron chi connectivity index (χ0n) is 19.9. The highest BCUT2D eigenvalue weighted by Crippen LogP contribution is 2.27. The molecule has 1 aliphatic heterocycles. The second-order valence-electron chi connectivity index (χ2n) is 8.56. The smallest absolute Gasteiger partial charge is 0.239 e. The third-order valence-electron chi connectivity index (χ3n) is 5.43. The average molecular weight is 466 g/mol. The molecule has 0 aliphatic carbocycles. The van der Waals surface area contributed by atoms with Crippen LogP contribution in [0.5, 0.6) is 5.75 Å². The number of nitrogens with zero attached hydrogens (tertiary/aromatic N) is 6. The van der Waals surface area contributed by atoms with Gasteiger partial charge in [-0.2, -0.15) is 4.98 Å². The molecule has 0 unspecified atom stereocenters. The first-order valence-corrected chi connectivity index (χ1v) is 11.4. The number of hydrogen-bond acceptors (Lipinski definition) is 8. The fraction of sp³-hybridized carbons (Fsp3) is 0.417. The zero-order valence-corrected chi connectivity index (χ0v) is 19.9. The number of carbonyl (C=O) groups excluding carboxylic acids is 1. The summed E-state index contributed by atoms with van der Waals surface area (Å²) in [6, 6.07) is 3.72. The standard InChI is InChI=1S/C24H31N7O3/c1-18-13-22(28-24(27-18)31-11-8-25-17-31)30(10-4-9-29(2)3)15-23(32)26-7-5-19-14-21-20(34-16-19)6-12-33-21/h6,8,11-14,17H,4-5,7,9-10,15-16H2,1-3H3,(H,26,32). The van der Waals surface area contributed by atoms with Crippen LogP contribution in [-0.2, 0) is 4.79 Å². The van der Waals surface area contributed by atoms with E-state index in [2.05, 4.69) is 20.2 Å². The van der Waals surface area contributed by atoms with Crippen LogP contribution in [-0.4, -0.2) is 77.2 Å². The van der Waals surface area contributed by atoms with Crippen LogP contribution in [0, 0.1) is 6.92 Å². The molecule has 10 nitrogen and oxygen atoms in total. The lowest BCUT2D eigenvalue weighted by atomic mass is 10.1. The third kappa shape index (κ3) is 6.22. The number of aromatic nitrogens is 4. The van der Waals surface area contributed by atoms with Crippen LogP contribution >= 0.6 is 0 Å². The summed E-state index contributed by atoms with van der Waals surface area (Å²) in [7, 11) is 4.08. The number of furan rings is 1. The molecular formula is C24H31N7O3. The van der Waals surface area contributed by atoms with Crippen molar-refractivity contribution in [3.05, 3.63) is 54.1 Å². The van der Waals surface area contributed by atoms with Crippen LogP contribution < -0.4 is 15.0 Å². The predicted octanol–water partition coefficient (Wildman–Crippen LogP) is 2.30. The first kappa shape index (κ1) is 23.5. The number of fused-ring (bicyclic) bond motifs is 1. The van der Waals surface area contributed by atoms with Crippen molar-refractivity contribution < 1.29 is 13.9 Å². The lowest BCUT2D eigenvalue weighted by molar-refractivity contribution is -0.119. The number of aryl methyl sites for hydroxylation is 1. The molecule has 0 aromatic carbocycles. The molecule has 1 aliphatic rings. The molecular weight excluding hydrogens is 434 g/mol. The molecule has 0 saturated heterocycles. The number of hydrogen-bond donors (Lipinski definition) is 1. The maximum Gasteiger partial charge on any atom is 0.239 e. The van der Waals surface area contributed by atoms with E-state index in [1.54, 1.807) is 29.6 Å². The number of rotatable bonds is 11. The van der Waals surface area contributed by atoms with Gasteiger partial charge >= 0.3 is 0 Å². The fourth-order valence-electron chi connectivity index (χ4n) is 3.71. The molecule has 3 aromatic heterocycles. The van der Waals surface area contributed by atoms with E-state index in [-0.39, 0.29) is 12.5 Å². The van der Waals surface area contributed by atoms with Gasteiger partial charge in [0, 0.05) is 43.3 Å². The Labute approximate surface area is 199 Å². The Kier molecular flexibility index (Phi) is 7.58. The summed E-state index contributed by atoms with van der Waals surface area (Å²) >= 11 is 0. The van der Waals surface area contributed by atoms with Crippen molar-refractivity contribution in [2.75, 3.05) is 51.8 Å². The van der Waals surface area contributed by atoms with Crippen molar-refractivity contribution in [1.29, 1.82) is 0 Å². The number of carbonyl (C=O) groups is 1. The second kappa shape index (κ2) is 11.0. The zero-order chi connectivity index (χ0) is 23.9. The Morgan fingerprint density at radius 1 is 1.26 bits per heavy atom. The van der Waals surface area contributed by atoms with Crippen LogP contribution in [0.15, 0.2) is 47.1 Å². The Hall–Kier alpha value is -3.66. The lowest BCUT2D eigenvalue weighted by Gasteiger charge is -2.25. The Bertz CT molecular complexity index is 1120. The highest BCUT2D eigenvalue weighted by Gasteiger charge is 2.17. The van der Waals surface area contributed by atoms with E-state index in [4.69, 9.17) is 14.1 Å². The monoisotopic (exact) mass is 465 g/mol. The molecule has 0 radical (unpaired) electrons. The van der Waals surface area contributed by atoms with Crippen molar-refractivity contribution in [3.63, 3.8) is 0 Å². The number of amides is 1. The van der Waals surface area contributed by atoms with Gasteiger partial charge in [-0.25, -0.2) is 9.97 Å².